The maximum atomic E-state index is 12.3. The van der Waals surface area contributed by atoms with Gasteiger partial charge in [-0.05, 0) is 62.7 Å². The van der Waals surface area contributed by atoms with Gasteiger partial charge >= 0.3 is 0 Å². The van der Waals surface area contributed by atoms with Crippen molar-refractivity contribution in [3.8, 4) is 11.8 Å². The fourth-order valence-electron chi connectivity index (χ4n) is 3.45. The van der Waals surface area contributed by atoms with Crippen molar-refractivity contribution < 1.29 is 9.53 Å². The van der Waals surface area contributed by atoms with Gasteiger partial charge < -0.3 is 9.30 Å². The highest BCUT2D eigenvalue weighted by atomic mass is 79.9. The smallest absolute Gasteiger partial charge is 0.250 e. The summed E-state index contributed by atoms with van der Waals surface area (Å²) < 4.78 is 8.32. The Bertz CT molecular complexity index is 1230. The Kier molecular flexibility index (Phi) is 8.44. The zero-order valence-electron chi connectivity index (χ0n) is 18.8. The van der Waals surface area contributed by atoms with Crippen molar-refractivity contribution in [2.45, 2.75) is 32.4 Å². The third-order valence-electron chi connectivity index (χ3n) is 4.90. The van der Waals surface area contributed by atoms with Crippen LogP contribution in [0.3, 0.4) is 0 Å². The predicted molar refractivity (Wildman–Crippen MR) is 134 cm³/mol. The molecule has 2 heterocycles. The average molecular weight is 526 g/mol. The summed E-state index contributed by atoms with van der Waals surface area (Å²) in [4.78, 5) is 16.7. The Morgan fingerprint density at radius 2 is 2.03 bits per heavy atom. The number of nitriles is 1. The number of hydrazone groups is 1. The van der Waals surface area contributed by atoms with Crippen molar-refractivity contribution >= 4 is 39.8 Å². The lowest BCUT2D eigenvalue weighted by Gasteiger charge is -2.09. The first-order valence-corrected chi connectivity index (χ1v) is 11.9. The van der Waals surface area contributed by atoms with E-state index in [2.05, 4.69) is 42.1 Å². The molecule has 1 aromatic carbocycles. The molecular weight excluding hydrogens is 502 g/mol. The number of halogens is 1. The number of ether oxygens (including phenoxy) is 1. The summed E-state index contributed by atoms with van der Waals surface area (Å²) in [6.07, 6.45) is 1.64. The van der Waals surface area contributed by atoms with E-state index in [4.69, 9.17) is 4.74 Å². The van der Waals surface area contributed by atoms with Gasteiger partial charge in [0.15, 0.2) is 0 Å². The minimum Gasteiger partial charge on any atom is -0.380 e. The van der Waals surface area contributed by atoms with Gasteiger partial charge in [-0.3, -0.25) is 4.79 Å². The van der Waals surface area contributed by atoms with Gasteiger partial charge in [0.05, 0.1) is 24.1 Å². The molecule has 3 aromatic rings. The van der Waals surface area contributed by atoms with E-state index in [-0.39, 0.29) is 11.7 Å². The van der Waals surface area contributed by atoms with Crippen molar-refractivity contribution in [3.05, 3.63) is 74.6 Å². The molecule has 2 aromatic heterocycles. The predicted octanol–water partition coefficient (Wildman–Crippen LogP) is 4.82. The van der Waals surface area contributed by atoms with E-state index in [0.29, 0.717) is 17.2 Å². The van der Waals surface area contributed by atoms with Crippen LogP contribution in [0.1, 0.15) is 33.8 Å². The minimum atomic E-state index is -0.279. The highest BCUT2D eigenvalue weighted by Gasteiger charge is 2.14. The molecule has 1 amide bonds. The van der Waals surface area contributed by atoms with Gasteiger partial charge in [-0.2, -0.15) is 10.4 Å². The van der Waals surface area contributed by atoms with Crippen molar-refractivity contribution in [2.24, 2.45) is 5.10 Å². The number of aromatic nitrogens is 2. The number of nitrogens with one attached hydrogen (secondary N) is 1. The number of benzene rings is 1. The quantitative estimate of drug-likeness (QED) is 0.258. The number of carbonyl (C=O) groups excluding carboxylic acids is 1. The van der Waals surface area contributed by atoms with Crippen LogP contribution in [-0.4, -0.2) is 34.5 Å². The van der Waals surface area contributed by atoms with Gasteiger partial charge in [0, 0.05) is 39.9 Å². The molecule has 0 aliphatic carbocycles. The van der Waals surface area contributed by atoms with Crippen LogP contribution in [0.15, 0.2) is 51.0 Å². The highest BCUT2D eigenvalue weighted by Crippen LogP contribution is 2.25. The molecule has 0 fully saturated rings. The minimum absolute atomic E-state index is 0.0901. The summed E-state index contributed by atoms with van der Waals surface area (Å²) in [7, 11) is 1.57. The van der Waals surface area contributed by atoms with Gasteiger partial charge in [-0.1, -0.05) is 27.7 Å². The first-order chi connectivity index (χ1) is 15.8. The maximum absolute atomic E-state index is 12.3. The van der Waals surface area contributed by atoms with Crippen LogP contribution in [0.25, 0.3) is 5.69 Å². The zero-order chi connectivity index (χ0) is 24.0. The second kappa shape index (κ2) is 11.3. The average Bonchev–Trinajstić information content (AvgIpc) is 3.06. The van der Waals surface area contributed by atoms with Crippen LogP contribution >= 0.6 is 27.7 Å². The molecule has 0 atom stereocenters. The molecule has 0 bridgehead atoms. The molecule has 9 heteroatoms. The number of hydrogen-bond donors (Lipinski definition) is 1. The Morgan fingerprint density at radius 3 is 2.70 bits per heavy atom. The lowest BCUT2D eigenvalue weighted by atomic mass is 10.1. The molecule has 0 aliphatic heterocycles. The Labute approximate surface area is 206 Å². The molecule has 33 heavy (non-hydrogen) atoms. The standard InChI is InChI=1S/C24H24BrN5O2S/c1-15-9-19(13-32-4)22(11-26)24(28-15)33-14-23(31)29-27-12-18-10-16(2)30(17(18)3)21-7-5-20(25)6-8-21/h5-10,12H,13-14H2,1-4H3,(H,29,31)/b27-12+. The number of hydrogen-bond acceptors (Lipinski definition) is 6. The molecule has 170 valence electrons. The van der Waals surface area contributed by atoms with E-state index in [0.717, 1.165) is 38.4 Å². The molecule has 1 N–H and O–H groups in total. The van der Waals surface area contributed by atoms with Crippen LogP contribution in [-0.2, 0) is 16.1 Å². The zero-order valence-corrected chi connectivity index (χ0v) is 21.2. The van der Waals surface area contributed by atoms with E-state index < -0.39 is 0 Å². The molecule has 0 radical (unpaired) electrons. The topological polar surface area (TPSA) is 92.3 Å². The van der Waals surface area contributed by atoms with Crippen LogP contribution in [0.4, 0.5) is 0 Å². The Hall–Kier alpha value is -2.93. The van der Waals surface area contributed by atoms with Gasteiger partial charge in [-0.15, -0.1) is 0 Å². The van der Waals surface area contributed by atoms with E-state index in [1.54, 1.807) is 13.3 Å². The lowest BCUT2D eigenvalue weighted by Crippen LogP contribution is -2.20. The second-order valence-corrected chi connectivity index (χ2v) is 9.25. The number of pyridine rings is 1. The molecule has 0 unspecified atom stereocenters. The number of carbonyl (C=O) groups is 1. The lowest BCUT2D eigenvalue weighted by molar-refractivity contribution is -0.118. The Balaban J connectivity index is 1.65. The number of thioether (sulfide) groups is 1. The summed E-state index contributed by atoms with van der Waals surface area (Å²) in [6.45, 7) is 6.20. The van der Waals surface area contributed by atoms with E-state index in [9.17, 15) is 10.1 Å². The van der Waals surface area contributed by atoms with Crippen molar-refractivity contribution in [3.63, 3.8) is 0 Å². The van der Waals surface area contributed by atoms with E-state index >= 15 is 0 Å². The van der Waals surface area contributed by atoms with Crippen LogP contribution < -0.4 is 5.43 Å². The molecule has 0 aliphatic rings. The molecule has 0 spiro atoms. The molecule has 7 nitrogen and oxygen atoms in total. The Morgan fingerprint density at radius 1 is 1.30 bits per heavy atom. The number of amides is 1. The van der Waals surface area contributed by atoms with Crippen LogP contribution in [0.2, 0.25) is 0 Å². The first kappa shape index (κ1) is 24.7. The number of aryl methyl sites for hydroxylation is 2. The fraction of sp³-hybridized carbons (Fsp3) is 0.250. The van der Waals surface area contributed by atoms with Gasteiger partial charge in [0.2, 0.25) is 5.91 Å². The van der Waals surface area contributed by atoms with Crippen molar-refractivity contribution in [2.75, 3.05) is 12.9 Å². The third-order valence-corrected chi connectivity index (χ3v) is 6.40. The first-order valence-electron chi connectivity index (χ1n) is 10.1. The summed E-state index contributed by atoms with van der Waals surface area (Å²) in [5.74, 6) is -0.189. The van der Waals surface area contributed by atoms with E-state index in [1.165, 1.54) is 11.8 Å². The fourth-order valence-corrected chi connectivity index (χ4v) is 4.58. The molecular formula is C24H24BrN5O2S. The molecule has 0 saturated heterocycles. The largest absolute Gasteiger partial charge is 0.380 e. The van der Waals surface area contributed by atoms with Gasteiger partial charge in [0.25, 0.3) is 0 Å². The second-order valence-electron chi connectivity index (χ2n) is 7.37. The summed E-state index contributed by atoms with van der Waals surface area (Å²) in [5.41, 5.74) is 8.58. The SMILES string of the molecule is COCc1cc(C)nc(SCC(=O)N/N=C/c2cc(C)n(-c3ccc(Br)cc3)c2C)c1C#N. The normalized spacial score (nSPS) is 11.0. The third kappa shape index (κ3) is 6.11. The highest BCUT2D eigenvalue weighted by molar-refractivity contribution is 9.10. The maximum Gasteiger partial charge on any atom is 0.250 e. The molecule has 3 rings (SSSR count). The van der Waals surface area contributed by atoms with Crippen molar-refractivity contribution in [1.29, 1.82) is 5.26 Å². The monoisotopic (exact) mass is 525 g/mol. The molecule has 0 saturated carbocycles. The summed E-state index contributed by atoms with van der Waals surface area (Å²) in [5, 5.41) is 14.1. The van der Waals surface area contributed by atoms with Gasteiger partial charge in [-0.25, -0.2) is 10.4 Å². The van der Waals surface area contributed by atoms with Gasteiger partial charge in [0.1, 0.15) is 11.1 Å². The van der Waals surface area contributed by atoms with E-state index in [1.807, 2.05) is 57.2 Å². The number of nitrogens with zero attached hydrogens (tertiary/aromatic N) is 4. The number of methoxy groups -OCH3 is 1. The summed E-state index contributed by atoms with van der Waals surface area (Å²) in [6, 6.07) is 14.1. The van der Waals surface area contributed by atoms with Crippen LogP contribution in [0.5, 0.6) is 0 Å². The number of rotatable bonds is 8. The summed E-state index contributed by atoms with van der Waals surface area (Å²) >= 11 is 4.66. The van der Waals surface area contributed by atoms with Crippen molar-refractivity contribution in [1.82, 2.24) is 15.0 Å². The van der Waals surface area contributed by atoms with Crippen LogP contribution in [0, 0.1) is 32.1 Å².